The van der Waals surface area contributed by atoms with Crippen LogP contribution >= 0.6 is 0 Å². The topological polar surface area (TPSA) is 48.8 Å². The molecule has 0 N–H and O–H groups in total. The van der Waals surface area contributed by atoms with Crippen LogP contribution in [-0.2, 0) is 6.18 Å². The minimum Gasteiger partial charge on any atom is -0.207 e. The summed E-state index contributed by atoms with van der Waals surface area (Å²) >= 11 is 0. The first-order chi connectivity index (χ1) is 8.43. The summed E-state index contributed by atoms with van der Waals surface area (Å²) in [6.07, 6.45) is -4.41. The van der Waals surface area contributed by atoms with Crippen LogP contribution in [0.25, 0.3) is 10.4 Å². The van der Waals surface area contributed by atoms with Crippen molar-refractivity contribution in [2.24, 2.45) is 5.11 Å². The van der Waals surface area contributed by atoms with Gasteiger partial charge >= 0.3 is 6.18 Å². The molecule has 0 aliphatic rings. The molecule has 1 aromatic rings. The Labute approximate surface area is 100 Å². The molecule has 1 rings (SSSR count). The van der Waals surface area contributed by atoms with E-state index < -0.39 is 17.6 Å². The van der Waals surface area contributed by atoms with E-state index in [1.165, 1.54) is 0 Å². The number of nitrogens with zero attached hydrogens (tertiary/aromatic N) is 3. The van der Waals surface area contributed by atoms with Gasteiger partial charge in [-0.15, -0.1) is 0 Å². The molecule has 3 nitrogen and oxygen atoms in total. The van der Waals surface area contributed by atoms with Crippen molar-refractivity contribution < 1.29 is 17.6 Å². The summed E-state index contributed by atoms with van der Waals surface area (Å²) in [6.45, 7) is 0.116. The quantitative estimate of drug-likeness (QED) is 0.193. The molecule has 0 atom stereocenters. The number of halogens is 4. The standard InChI is InChI=1S/C11H7F4N3/c12-10-6-8(3-1-2-4-17-18-16)5-9(7-10)11(13,14)15/h5-7H,2,4H2. The third-order valence-corrected chi connectivity index (χ3v) is 1.86. The number of alkyl halides is 3. The molecular formula is C11H7F4N3. The Balaban J connectivity index is 2.90. The zero-order chi connectivity index (χ0) is 13.6. The number of benzene rings is 1. The molecular weight excluding hydrogens is 250 g/mol. The summed E-state index contributed by atoms with van der Waals surface area (Å²) < 4.78 is 50.1. The number of hydrogen-bond acceptors (Lipinski definition) is 1. The number of azide groups is 1. The molecule has 0 radical (unpaired) electrons. The van der Waals surface area contributed by atoms with Crippen molar-refractivity contribution >= 4 is 0 Å². The van der Waals surface area contributed by atoms with Crippen LogP contribution in [0.2, 0.25) is 0 Å². The van der Waals surface area contributed by atoms with Crippen molar-refractivity contribution in [2.45, 2.75) is 12.6 Å². The molecule has 0 saturated heterocycles. The Morgan fingerprint density at radius 1 is 1.28 bits per heavy atom. The Morgan fingerprint density at radius 2 is 2.00 bits per heavy atom. The molecule has 0 spiro atoms. The summed E-state index contributed by atoms with van der Waals surface area (Å²) in [5.74, 6) is 3.88. The lowest BCUT2D eigenvalue weighted by atomic mass is 10.1. The molecule has 0 saturated carbocycles. The molecule has 0 heterocycles. The fraction of sp³-hybridized carbons (Fsp3) is 0.273. The van der Waals surface area contributed by atoms with Gasteiger partial charge in [0.2, 0.25) is 0 Å². The average molecular weight is 257 g/mol. The van der Waals surface area contributed by atoms with Crippen LogP contribution in [0.4, 0.5) is 17.6 Å². The molecule has 18 heavy (non-hydrogen) atoms. The Bertz CT molecular complexity index is 533. The van der Waals surface area contributed by atoms with Gasteiger partial charge in [0.15, 0.2) is 0 Å². The maximum atomic E-state index is 13.0. The van der Waals surface area contributed by atoms with E-state index in [-0.39, 0.29) is 18.5 Å². The van der Waals surface area contributed by atoms with Crippen molar-refractivity contribution in [3.05, 3.63) is 45.6 Å². The summed E-state index contributed by atoms with van der Waals surface area (Å²) in [7, 11) is 0. The first kappa shape index (κ1) is 13.9. The van der Waals surface area contributed by atoms with Crippen LogP contribution in [0, 0.1) is 17.7 Å². The van der Waals surface area contributed by atoms with E-state index in [0.717, 1.165) is 12.1 Å². The highest BCUT2D eigenvalue weighted by atomic mass is 19.4. The monoisotopic (exact) mass is 257 g/mol. The highest BCUT2D eigenvalue weighted by molar-refractivity contribution is 5.38. The van der Waals surface area contributed by atoms with E-state index in [9.17, 15) is 17.6 Å². The van der Waals surface area contributed by atoms with Crippen molar-refractivity contribution in [3.63, 3.8) is 0 Å². The molecule has 0 fully saturated rings. The summed E-state index contributed by atoms with van der Waals surface area (Å²) in [4.78, 5) is 2.49. The van der Waals surface area contributed by atoms with E-state index in [4.69, 9.17) is 5.53 Å². The maximum absolute atomic E-state index is 13.0. The highest BCUT2D eigenvalue weighted by Gasteiger charge is 2.31. The third kappa shape index (κ3) is 4.36. The van der Waals surface area contributed by atoms with E-state index in [2.05, 4.69) is 21.9 Å². The number of hydrogen-bond donors (Lipinski definition) is 0. The van der Waals surface area contributed by atoms with Gasteiger partial charge in [-0.2, -0.15) is 13.2 Å². The Morgan fingerprint density at radius 3 is 2.61 bits per heavy atom. The van der Waals surface area contributed by atoms with Crippen LogP contribution in [0.5, 0.6) is 0 Å². The summed E-state index contributed by atoms with van der Waals surface area (Å²) in [5, 5.41) is 3.20. The van der Waals surface area contributed by atoms with E-state index in [1.54, 1.807) is 0 Å². The summed E-state index contributed by atoms with van der Waals surface area (Å²) in [6, 6.07) is 2.09. The first-order valence-corrected chi connectivity index (χ1v) is 4.81. The second kappa shape index (κ2) is 5.94. The molecule has 0 aromatic heterocycles. The van der Waals surface area contributed by atoms with Crippen LogP contribution in [0.1, 0.15) is 17.5 Å². The van der Waals surface area contributed by atoms with Gasteiger partial charge in [-0.25, -0.2) is 4.39 Å². The zero-order valence-electron chi connectivity index (χ0n) is 9.00. The van der Waals surface area contributed by atoms with Gasteiger partial charge in [0.1, 0.15) is 5.82 Å². The van der Waals surface area contributed by atoms with Gasteiger partial charge in [0, 0.05) is 23.4 Å². The molecule has 7 heteroatoms. The minimum absolute atomic E-state index is 0.0664. The van der Waals surface area contributed by atoms with Gasteiger partial charge in [0.25, 0.3) is 0 Å². The van der Waals surface area contributed by atoms with Gasteiger partial charge in [-0.3, -0.25) is 0 Å². The van der Waals surface area contributed by atoms with Crippen molar-refractivity contribution in [1.29, 1.82) is 0 Å². The first-order valence-electron chi connectivity index (χ1n) is 4.81. The lowest BCUT2D eigenvalue weighted by molar-refractivity contribution is -0.137. The second-order valence-electron chi connectivity index (χ2n) is 3.23. The van der Waals surface area contributed by atoms with Crippen LogP contribution < -0.4 is 0 Å². The fourth-order valence-electron chi connectivity index (χ4n) is 1.14. The van der Waals surface area contributed by atoms with Gasteiger partial charge < -0.3 is 0 Å². The third-order valence-electron chi connectivity index (χ3n) is 1.86. The predicted octanol–water partition coefficient (Wildman–Crippen LogP) is 3.90. The zero-order valence-corrected chi connectivity index (χ0v) is 9.00. The largest absolute Gasteiger partial charge is 0.416 e. The maximum Gasteiger partial charge on any atom is 0.416 e. The van der Waals surface area contributed by atoms with Crippen molar-refractivity contribution in [2.75, 3.05) is 6.54 Å². The fourth-order valence-corrected chi connectivity index (χ4v) is 1.14. The Hall–Kier alpha value is -2.19. The molecule has 0 aliphatic heterocycles. The average Bonchev–Trinajstić information content (AvgIpc) is 2.27. The number of rotatable bonds is 2. The molecule has 0 amide bonds. The van der Waals surface area contributed by atoms with E-state index in [1.807, 2.05) is 0 Å². The van der Waals surface area contributed by atoms with Gasteiger partial charge in [-0.1, -0.05) is 17.0 Å². The summed E-state index contributed by atoms with van der Waals surface area (Å²) in [5.41, 5.74) is 6.83. The lowest BCUT2D eigenvalue weighted by Gasteiger charge is -2.06. The molecule has 1 aromatic carbocycles. The van der Waals surface area contributed by atoms with Gasteiger partial charge in [-0.05, 0) is 23.7 Å². The van der Waals surface area contributed by atoms with E-state index >= 15 is 0 Å². The van der Waals surface area contributed by atoms with Crippen LogP contribution in [0.15, 0.2) is 23.3 Å². The van der Waals surface area contributed by atoms with Crippen molar-refractivity contribution in [3.8, 4) is 11.8 Å². The van der Waals surface area contributed by atoms with Crippen LogP contribution in [0.3, 0.4) is 0 Å². The Kier molecular flexibility index (Phi) is 4.58. The minimum atomic E-state index is -4.61. The van der Waals surface area contributed by atoms with E-state index in [0.29, 0.717) is 6.07 Å². The SMILES string of the molecule is [N-]=[N+]=NCCC#Cc1cc(F)cc(C(F)(F)F)c1. The highest BCUT2D eigenvalue weighted by Crippen LogP contribution is 2.30. The molecule has 0 unspecified atom stereocenters. The molecule has 0 aliphatic carbocycles. The van der Waals surface area contributed by atoms with Crippen LogP contribution in [-0.4, -0.2) is 6.54 Å². The normalized spacial score (nSPS) is 10.2. The van der Waals surface area contributed by atoms with Crippen molar-refractivity contribution in [1.82, 2.24) is 0 Å². The smallest absolute Gasteiger partial charge is 0.207 e. The molecule has 0 bridgehead atoms. The lowest BCUT2D eigenvalue weighted by Crippen LogP contribution is -2.05. The second-order valence-corrected chi connectivity index (χ2v) is 3.23. The molecule has 94 valence electrons. The predicted molar refractivity (Wildman–Crippen MR) is 56.9 cm³/mol. The van der Waals surface area contributed by atoms with Gasteiger partial charge in [0.05, 0.1) is 5.56 Å².